The van der Waals surface area contributed by atoms with Crippen LogP contribution in [0.5, 0.6) is 0 Å². The van der Waals surface area contributed by atoms with Crippen molar-refractivity contribution in [3.8, 4) is 0 Å². The lowest BCUT2D eigenvalue weighted by Crippen LogP contribution is -2.18. The highest BCUT2D eigenvalue weighted by molar-refractivity contribution is 5.11. The largest absolute Gasteiger partial charge is 0.324 e. The molecule has 3 heteroatoms. The molecule has 1 aromatic rings. The molecule has 0 aliphatic heterocycles. The molecule has 1 aliphatic rings. The average molecular weight is 193 g/mol. The van der Waals surface area contributed by atoms with Crippen LogP contribution >= 0.6 is 0 Å². The van der Waals surface area contributed by atoms with Gasteiger partial charge < -0.3 is 5.73 Å². The van der Waals surface area contributed by atoms with E-state index in [-0.39, 0.29) is 6.04 Å². The highest BCUT2D eigenvalue weighted by atomic mass is 15.2. The van der Waals surface area contributed by atoms with E-state index < -0.39 is 0 Å². The van der Waals surface area contributed by atoms with Crippen molar-refractivity contribution in [2.75, 3.05) is 0 Å². The zero-order valence-electron chi connectivity index (χ0n) is 8.98. The Morgan fingerprint density at radius 3 is 2.86 bits per heavy atom. The van der Waals surface area contributed by atoms with Crippen LogP contribution in [0.1, 0.15) is 37.8 Å². The van der Waals surface area contributed by atoms with E-state index in [4.69, 9.17) is 5.73 Å². The average Bonchev–Trinajstić information content (AvgIpc) is 2.73. The van der Waals surface area contributed by atoms with Gasteiger partial charge in [-0.15, -0.1) is 0 Å². The predicted octanol–water partition coefficient (Wildman–Crippen LogP) is 1.86. The summed E-state index contributed by atoms with van der Waals surface area (Å²) < 4.78 is 1.83. The Morgan fingerprint density at radius 2 is 2.36 bits per heavy atom. The summed E-state index contributed by atoms with van der Waals surface area (Å²) in [6, 6.07) is 0.189. The summed E-state index contributed by atoms with van der Waals surface area (Å²) in [5.74, 6) is 1.51. The fourth-order valence-electron chi connectivity index (χ4n) is 2.46. The molecule has 1 fully saturated rings. The molecule has 0 bridgehead atoms. The molecule has 0 radical (unpaired) electrons. The highest BCUT2D eigenvalue weighted by Gasteiger charge is 2.27. The Balaban J connectivity index is 2.05. The first-order chi connectivity index (χ1) is 6.66. The molecule has 1 aliphatic carbocycles. The second-order valence-electron chi connectivity index (χ2n) is 4.65. The van der Waals surface area contributed by atoms with Crippen LogP contribution < -0.4 is 5.73 Å². The van der Waals surface area contributed by atoms with Gasteiger partial charge in [0.15, 0.2) is 0 Å². The van der Waals surface area contributed by atoms with Crippen LogP contribution in [0.3, 0.4) is 0 Å². The Labute approximate surface area is 85.3 Å². The summed E-state index contributed by atoms with van der Waals surface area (Å²) in [6.45, 7) is 2.32. The minimum absolute atomic E-state index is 0.189. The van der Waals surface area contributed by atoms with E-state index in [1.165, 1.54) is 24.8 Å². The van der Waals surface area contributed by atoms with Crippen LogP contribution in [0, 0.1) is 11.8 Å². The van der Waals surface area contributed by atoms with Crippen LogP contribution in [-0.2, 0) is 7.05 Å². The van der Waals surface area contributed by atoms with Gasteiger partial charge in [0.1, 0.15) is 0 Å². The molecule has 1 heterocycles. The topological polar surface area (TPSA) is 43.8 Å². The molecule has 0 saturated heterocycles. The van der Waals surface area contributed by atoms with Crippen LogP contribution in [-0.4, -0.2) is 9.78 Å². The summed E-state index contributed by atoms with van der Waals surface area (Å²) >= 11 is 0. The first-order valence-corrected chi connectivity index (χ1v) is 5.41. The fraction of sp³-hybridized carbons (Fsp3) is 0.727. The van der Waals surface area contributed by atoms with Gasteiger partial charge in [0.05, 0.1) is 6.20 Å². The van der Waals surface area contributed by atoms with E-state index in [1.807, 2.05) is 24.1 Å². The maximum atomic E-state index is 6.22. The van der Waals surface area contributed by atoms with Crippen LogP contribution in [0.15, 0.2) is 12.4 Å². The van der Waals surface area contributed by atoms with Crippen molar-refractivity contribution in [1.29, 1.82) is 0 Å². The van der Waals surface area contributed by atoms with E-state index in [1.54, 1.807) is 0 Å². The molecule has 1 saturated carbocycles. The lowest BCUT2D eigenvalue weighted by atomic mass is 9.94. The molecule has 3 unspecified atom stereocenters. The van der Waals surface area contributed by atoms with Crippen molar-refractivity contribution in [1.82, 2.24) is 9.78 Å². The number of aryl methyl sites for hydroxylation is 1. The third-order valence-electron chi connectivity index (χ3n) is 3.35. The van der Waals surface area contributed by atoms with E-state index in [2.05, 4.69) is 12.0 Å². The quantitative estimate of drug-likeness (QED) is 0.779. The standard InChI is InChI=1S/C11H19N3/c1-8-3-4-9(5-8)11(12)10-6-13-14(2)7-10/h6-9,11H,3-5,12H2,1-2H3. The minimum Gasteiger partial charge on any atom is -0.324 e. The Kier molecular flexibility index (Phi) is 2.59. The zero-order valence-corrected chi connectivity index (χ0v) is 8.98. The molecule has 78 valence electrons. The number of hydrogen-bond acceptors (Lipinski definition) is 2. The van der Waals surface area contributed by atoms with Crippen LogP contribution in [0.25, 0.3) is 0 Å². The number of rotatable bonds is 2. The molecule has 0 amide bonds. The number of aromatic nitrogens is 2. The van der Waals surface area contributed by atoms with Crippen molar-refractivity contribution in [3.05, 3.63) is 18.0 Å². The van der Waals surface area contributed by atoms with Gasteiger partial charge in [0.25, 0.3) is 0 Å². The summed E-state index contributed by atoms with van der Waals surface area (Å²) in [5.41, 5.74) is 7.41. The summed E-state index contributed by atoms with van der Waals surface area (Å²) in [4.78, 5) is 0. The van der Waals surface area contributed by atoms with Crippen molar-refractivity contribution in [3.63, 3.8) is 0 Å². The van der Waals surface area contributed by atoms with Crippen LogP contribution in [0.4, 0.5) is 0 Å². The van der Waals surface area contributed by atoms with Crippen molar-refractivity contribution >= 4 is 0 Å². The normalized spacial score (nSPS) is 29.4. The van der Waals surface area contributed by atoms with Gasteiger partial charge in [0.2, 0.25) is 0 Å². The van der Waals surface area contributed by atoms with Gasteiger partial charge in [-0.3, -0.25) is 4.68 Å². The van der Waals surface area contributed by atoms with E-state index in [0.717, 1.165) is 5.92 Å². The third kappa shape index (κ3) is 1.82. The molecule has 2 N–H and O–H groups in total. The van der Waals surface area contributed by atoms with Gasteiger partial charge in [-0.2, -0.15) is 5.10 Å². The van der Waals surface area contributed by atoms with Crippen molar-refractivity contribution < 1.29 is 0 Å². The first kappa shape index (κ1) is 9.71. The maximum absolute atomic E-state index is 6.22. The molecule has 3 atom stereocenters. The van der Waals surface area contributed by atoms with Gasteiger partial charge in [-0.25, -0.2) is 0 Å². The van der Waals surface area contributed by atoms with E-state index >= 15 is 0 Å². The second-order valence-corrected chi connectivity index (χ2v) is 4.65. The van der Waals surface area contributed by atoms with Gasteiger partial charge in [0, 0.05) is 24.8 Å². The second kappa shape index (κ2) is 3.73. The van der Waals surface area contributed by atoms with Crippen LogP contribution in [0.2, 0.25) is 0 Å². The SMILES string of the molecule is CC1CCC(C(N)c2cnn(C)c2)C1. The molecular weight excluding hydrogens is 174 g/mol. The highest BCUT2D eigenvalue weighted by Crippen LogP contribution is 2.37. The maximum Gasteiger partial charge on any atom is 0.0537 e. The summed E-state index contributed by atoms with van der Waals surface area (Å²) in [5, 5.41) is 4.16. The van der Waals surface area contributed by atoms with Crippen molar-refractivity contribution in [2.24, 2.45) is 24.6 Å². The lowest BCUT2D eigenvalue weighted by Gasteiger charge is -2.17. The number of nitrogens with two attached hydrogens (primary N) is 1. The predicted molar refractivity (Wildman–Crippen MR) is 56.6 cm³/mol. The van der Waals surface area contributed by atoms with Gasteiger partial charge in [-0.1, -0.05) is 13.3 Å². The molecule has 1 aromatic heterocycles. The van der Waals surface area contributed by atoms with Gasteiger partial charge in [-0.05, 0) is 24.7 Å². The fourth-order valence-corrected chi connectivity index (χ4v) is 2.46. The Bertz CT molecular complexity index is 305. The van der Waals surface area contributed by atoms with E-state index in [9.17, 15) is 0 Å². The monoisotopic (exact) mass is 193 g/mol. The van der Waals surface area contributed by atoms with Crippen molar-refractivity contribution in [2.45, 2.75) is 32.2 Å². The molecular formula is C11H19N3. The third-order valence-corrected chi connectivity index (χ3v) is 3.35. The van der Waals surface area contributed by atoms with E-state index in [0.29, 0.717) is 5.92 Å². The minimum atomic E-state index is 0.189. The Hall–Kier alpha value is -0.830. The molecule has 2 rings (SSSR count). The number of hydrogen-bond donors (Lipinski definition) is 1. The number of nitrogens with zero attached hydrogens (tertiary/aromatic N) is 2. The first-order valence-electron chi connectivity index (χ1n) is 5.41. The smallest absolute Gasteiger partial charge is 0.0537 e. The van der Waals surface area contributed by atoms with Gasteiger partial charge >= 0.3 is 0 Å². The molecule has 0 spiro atoms. The molecule has 0 aromatic carbocycles. The summed E-state index contributed by atoms with van der Waals surface area (Å²) in [6.07, 6.45) is 7.81. The zero-order chi connectivity index (χ0) is 10.1. The Morgan fingerprint density at radius 1 is 1.57 bits per heavy atom. The molecule has 3 nitrogen and oxygen atoms in total. The lowest BCUT2D eigenvalue weighted by molar-refractivity contribution is 0.428. The summed E-state index contributed by atoms with van der Waals surface area (Å²) in [7, 11) is 1.94. The molecule has 14 heavy (non-hydrogen) atoms.